The molecule has 0 spiro atoms. The molecule has 0 saturated carbocycles. The lowest BCUT2D eigenvalue weighted by Crippen LogP contribution is -2.59. The van der Waals surface area contributed by atoms with Gasteiger partial charge in [0.05, 0.1) is 3.92 Å². The van der Waals surface area contributed by atoms with Gasteiger partial charge in [-0.25, -0.2) is 0 Å². The molecule has 0 heterocycles. The highest BCUT2D eigenvalue weighted by Gasteiger charge is 2.69. The minimum Gasteiger partial charge on any atom is -0.0724 e. The summed E-state index contributed by atoms with van der Waals surface area (Å²) in [6, 6.07) is 0. The van der Waals surface area contributed by atoms with Gasteiger partial charge in [0, 0.05) is 0 Å². The first-order chi connectivity index (χ1) is 7.90. The molecule has 0 aromatic rings. The number of alkyl halides is 12. The second-order valence-electron chi connectivity index (χ2n) is 3.04. The fraction of sp³-hybridized carbons (Fsp3) is 0.833. The van der Waals surface area contributed by atoms with E-state index in [0.717, 1.165) is 0 Å². The van der Waals surface area contributed by atoms with Gasteiger partial charge in [0.2, 0.25) is 0 Å². The maximum atomic E-state index is 2.69. The van der Waals surface area contributed by atoms with Crippen molar-refractivity contribution in [2.24, 2.45) is 0 Å². The van der Waals surface area contributed by atoms with Gasteiger partial charge in [0.25, 0.3) is 0 Å². The summed E-state index contributed by atoms with van der Waals surface area (Å²) in [4.78, 5) is 0. The quantitative estimate of drug-likeness (QED) is 0.190. The van der Waals surface area contributed by atoms with Crippen LogP contribution in [0.5, 0.6) is 0 Å². The Morgan fingerprint density at radius 1 is 0.526 bits per heavy atom. The molecule has 0 aliphatic carbocycles. The molecule has 0 N–H and O–H groups in total. The van der Waals surface area contributed by atoms with Gasteiger partial charge >= 0.3 is 0 Å². The normalized spacial score (nSPS) is 18.6. The molecule has 0 amide bonds. The number of hydrogen-bond donors (Lipinski definition) is 0. The van der Waals surface area contributed by atoms with Gasteiger partial charge < -0.3 is 0 Å². The van der Waals surface area contributed by atoms with Crippen LogP contribution in [0.3, 0.4) is 0 Å². The Kier molecular flexibility index (Phi) is 16.0. The second-order valence-corrected chi connectivity index (χ2v) is 44.2. The minimum atomic E-state index is 0.0221. The molecule has 0 aromatic heterocycles. The molecule has 0 aliphatic rings. The highest BCUT2D eigenvalue weighted by Crippen LogP contribution is 2.75. The minimum absolute atomic E-state index is 0.0221. The largest absolute Gasteiger partial charge is 0.149 e. The lowest BCUT2D eigenvalue weighted by molar-refractivity contribution is 0.752. The van der Waals surface area contributed by atoms with E-state index in [2.05, 4.69) is 294 Å². The fourth-order valence-electron chi connectivity index (χ4n) is 0.831. The Bertz CT molecular complexity index is 317. The molecule has 1 unspecified atom stereocenters. The summed E-state index contributed by atoms with van der Waals surface area (Å²) in [5, 5.41) is 0. The van der Waals surface area contributed by atoms with Gasteiger partial charge in [-0.1, -0.05) is 294 Å². The molecule has 1 atom stereocenters. The van der Waals surface area contributed by atoms with Gasteiger partial charge in [-0.15, -0.1) is 0 Å². The first-order valence-electron chi connectivity index (χ1n) is 3.71. The summed E-state index contributed by atoms with van der Waals surface area (Å²) in [6.07, 6.45) is 0. The van der Waals surface area contributed by atoms with Gasteiger partial charge in [0.15, 0.2) is 0 Å². The lowest BCUT2D eigenvalue weighted by atomic mass is 10.1. The highest BCUT2D eigenvalue weighted by molar-refractivity contribution is 14.3. The third-order valence-corrected chi connectivity index (χ3v) is 30.7. The van der Waals surface area contributed by atoms with Gasteiger partial charge in [0.1, 0.15) is 3.16 Å². The van der Waals surface area contributed by atoms with Crippen LogP contribution in [0.4, 0.5) is 0 Å². The predicted octanol–water partition coefficient (Wildman–Crippen LogP) is 10.6. The zero-order chi connectivity index (χ0) is 16.1. The fourth-order valence-corrected chi connectivity index (χ4v) is 17.0. The average Bonchev–Trinajstić information content (AvgIpc) is 2.09. The van der Waals surface area contributed by atoms with Crippen LogP contribution in [0.15, 0.2) is 0 Å². The van der Waals surface area contributed by atoms with Crippen molar-refractivity contribution in [3.63, 3.8) is 0 Å². The standard InChI is InChI=1S/C6I13/c7-1(3(9,10)11)2(8,5(14,15)16)4(12,13)6(17,18)19. The smallest absolute Gasteiger partial charge is 0.0724 e. The zero-order valence-corrected chi connectivity index (χ0v) is 36.0. The van der Waals surface area contributed by atoms with E-state index in [-0.39, 0.29) is 3.16 Å². The molecular weight excluding hydrogens is 1720 g/mol. The zero-order valence-electron chi connectivity index (χ0n) is 7.91. The molecule has 1 radical (unpaired) electrons. The third kappa shape index (κ3) is 7.60. The topological polar surface area (TPSA) is 0 Å². The van der Waals surface area contributed by atoms with Crippen molar-refractivity contribution in [3.05, 3.63) is 3.92 Å². The summed E-state index contributed by atoms with van der Waals surface area (Å²) in [5.74, 6) is 0. The van der Waals surface area contributed by atoms with Crippen LogP contribution in [-0.4, -0.2) is 3.16 Å². The van der Waals surface area contributed by atoms with Crippen LogP contribution in [0, 0.1) is 3.92 Å². The van der Waals surface area contributed by atoms with Crippen molar-refractivity contribution in [2.45, 2.75) is 3.16 Å². The monoisotopic (exact) mass is 1720 g/mol. The Labute approximate surface area is 291 Å². The summed E-state index contributed by atoms with van der Waals surface area (Å²) in [7, 11) is 0. The van der Waals surface area contributed by atoms with Crippen molar-refractivity contribution in [3.8, 4) is 0 Å². The lowest BCUT2D eigenvalue weighted by Gasteiger charge is -2.52. The van der Waals surface area contributed by atoms with E-state index in [1.807, 2.05) is 0 Å². The third-order valence-electron chi connectivity index (χ3n) is 1.73. The molecule has 19 heavy (non-hydrogen) atoms. The Morgan fingerprint density at radius 2 is 0.842 bits per heavy atom. The van der Waals surface area contributed by atoms with E-state index < -0.39 is 0 Å². The average molecular weight is 1720 g/mol. The molecule has 0 aromatic carbocycles. The van der Waals surface area contributed by atoms with Crippen molar-refractivity contribution in [1.82, 2.24) is 0 Å². The van der Waals surface area contributed by atoms with Crippen LogP contribution >= 0.6 is 294 Å². The molecule has 0 fully saturated rings. The van der Waals surface area contributed by atoms with Crippen molar-refractivity contribution < 1.29 is 0 Å². The van der Waals surface area contributed by atoms with Gasteiger partial charge in [-0.05, 0) is 0 Å². The van der Waals surface area contributed by atoms with E-state index in [9.17, 15) is 0 Å². The van der Waals surface area contributed by atoms with E-state index in [1.54, 1.807) is 0 Å². The Hall–Kier alpha value is 9.49. The first kappa shape index (κ1) is 28.5. The van der Waals surface area contributed by atoms with Crippen LogP contribution in [-0.2, 0) is 0 Å². The summed E-state index contributed by atoms with van der Waals surface area (Å²) in [6.45, 7) is 0. The first-order valence-corrected chi connectivity index (χ1v) is 17.7. The summed E-state index contributed by atoms with van der Waals surface area (Å²) >= 11 is 33.6. The Morgan fingerprint density at radius 3 is 1.00 bits per heavy atom. The van der Waals surface area contributed by atoms with Crippen molar-refractivity contribution in [2.75, 3.05) is 0 Å². The number of halogens is 13. The van der Waals surface area contributed by atoms with Gasteiger partial charge in [-0.2, -0.15) is 0 Å². The van der Waals surface area contributed by atoms with Crippen LogP contribution in [0.2, 0.25) is 0 Å². The second kappa shape index (κ2) is 10.7. The molecule has 0 rings (SSSR count). The van der Waals surface area contributed by atoms with Crippen LogP contribution < -0.4 is 0 Å². The summed E-state index contributed by atoms with van der Waals surface area (Å²) in [5.41, 5.74) is 0. The molecule has 0 bridgehead atoms. The van der Waals surface area contributed by atoms with E-state index in [1.165, 1.54) is 3.92 Å². The maximum Gasteiger partial charge on any atom is 0.149 e. The van der Waals surface area contributed by atoms with E-state index >= 15 is 0 Å². The van der Waals surface area contributed by atoms with Crippen LogP contribution in [0.1, 0.15) is 0 Å². The molecule has 0 nitrogen and oxygen atoms in total. The van der Waals surface area contributed by atoms with Gasteiger partial charge in [-0.3, -0.25) is 0 Å². The van der Waals surface area contributed by atoms with Crippen LogP contribution in [0.25, 0.3) is 0 Å². The SMILES string of the molecule is I[C](C(I)(I)I)C(I)(C(I)(I)I)C(I)(I)C(I)(I)I. The number of rotatable bonds is 5. The molecule has 115 valence electrons. The Balaban J connectivity index is 6.14. The highest BCUT2D eigenvalue weighted by atomic mass is 127. The van der Waals surface area contributed by atoms with E-state index in [0.29, 0.717) is 0 Å². The predicted molar refractivity (Wildman–Crippen MR) is 199 cm³/mol. The molecule has 0 aliphatic heterocycles. The van der Waals surface area contributed by atoms with E-state index in [4.69, 9.17) is 0 Å². The summed E-state index contributed by atoms with van der Waals surface area (Å²) < 4.78 is 1.86. The van der Waals surface area contributed by atoms with Crippen molar-refractivity contribution in [1.29, 1.82) is 0 Å². The number of hydrogen-bond acceptors (Lipinski definition) is 0. The van der Waals surface area contributed by atoms with Crippen molar-refractivity contribution >= 4 is 294 Å². The maximum absolute atomic E-state index is 2.69. The molecular formula is C6I13. The molecule has 13 heteroatoms. The molecule has 0 saturated heterocycles.